The van der Waals surface area contributed by atoms with E-state index in [1.165, 1.54) is 19.1 Å². The molecule has 1 heterocycles. The van der Waals surface area contributed by atoms with E-state index in [-0.39, 0.29) is 0 Å². The molecule has 1 aliphatic rings. The van der Waals surface area contributed by atoms with Crippen molar-refractivity contribution < 1.29 is 4.34 Å². The van der Waals surface area contributed by atoms with Crippen LogP contribution in [0, 0.1) is 0 Å². The van der Waals surface area contributed by atoms with Crippen molar-refractivity contribution in [2.45, 2.75) is 59.9 Å². The molecule has 1 N–H and O–H groups in total. The Balaban J connectivity index is 3.16. The fraction of sp³-hybridized carbons (Fsp3) is 0.818. The van der Waals surface area contributed by atoms with Crippen LogP contribution in [0.4, 0.5) is 0 Å². The van der Waals surface area contributed by atoms with Gasteiger partial charge >= 0.3 is 8.32 Å². The lowest BCUT2D eigenvalue weighted by molar-refractivity contribution is 0.343. The minimum Gasteiger partial charge on any atom is -0.778 e. The van der Waals surface area contributed by atoms with Gasteiger partial charge in [-0.2, -0.15) is 0 Å². The number of hydrogen-bond acceptors (Lipinski definition) is 0. The van der Waals surface area contributed by atoms with Crippen LogP contribution in [0.5, 0.6) is 0 Å². The molecule has 1 nitrogen and oxygen atoms in total. The molecule has 0 bridgehead atoms. The van der Waals surface area contributed by atoms with Gasteiger partial charge in [0.1, 0.15) is 0 Å². The third kappa shape index (κ3) is 1.61. The van der Waals surface area contributed by atoms with Crippen LogP contribution in [0.2, 0.25) is 25.7 Å². The average molecular weight is 212 g/mol. The van der Waals surface area contributed by atoms with Crippen molar-refractivity contribution in [2.24, 2.45) is 0 Å². The van der Waals surface area contributed by atoms with Crippen LogP contribution in [-0.2, 0) is 0 Å². The monoisotopic (exact) mass is 212 g/mol. The highest BCUT2D eigenvalue weighted by molar-refractivity contribution is 6.96. The molecule has 0 aromatic heterocycles. The predicted octanol–water partition coefficient (Wildman–Crippen LogP) is 3.52. The minimum atomic E-state index is -1.37. The lowest BCUT2D eigenvalue weighted by Gasteiger charge is -2.36. The summed E-state index contributed by atoms with van der Waals surface area (Å²) in [5.74, 6) is 0. The summed E-state index contributed by atoms with van der Waals surface area (Å²) in [5.41, 5.74) is 1.71. The van der Waals surface area contributed by atoms with E-state index in [2.05, 4.69) is 40.8 Å². The molecule has 14 heavy (non-hydrogen) atoms. The van der Waals surface area contributed by atoms with E-state index in [1.54, 1.807) is 10.7 Å². The van der Waals surface area contributed by atoms with Crippen molar-refractivity contribution >= 4 is 14.7 Å². The smallest absolute Gasteiger partial charge is 0.353 e. The average Bonchev–Trinajstić information content (AvgIpc) is 2.35. The Hall–Kier alpha value is -0.0182. The Kier molecular flexibility index (Phi) is 3.32. The molecule has 0 fully saturated rings. The van der Waals surface area contributed by atoms with Gasteiger partial charge in [0.15, 0.2) is 0 Å². The summed E-state index contributed by atoms with van der Waals surface area (Å²) in [4.78, 5) is 0. The van der Waals surface area contributed by atoms with Crippen LogP contribution < -0.4 is 0 Å². The molecular weight excluding hydrogens is 187 g/mol. The van der Waals surface area contributed by atoms with Crippen molar-refractivity contribution in [1.29, 1.82) is 0 Å². The maximum atomic E-state index is 5.25. The Morgan fingerprint density at radius 2 is 1.64 bits per heavy atom. The first-order chi connectivity index (χ1) is 6.43. The molecule has 1 rings (SSSR count). The van der Waals surface area contributed by atoms with Gasteiger partial charge < -0.3 is 4.34 Å². The Labute approximate surface area is 90.0 Å². The van der Waals surface area contributed by atoms with Crippen LogP contribution in [0.1, 0.15) is 34.1 Å². The summed E-state index contributed by atoms with van der Waals surface area (Å²) in [5, 5.41) is 1.67. The molecule has 0 saturated heterocycles. The van der Waals surface area contributed by atoms with E-state index < -0.39 is 14.7 Å². The third-order valence-electron chi connectivity index (χ3n) is 4.35. The van der Waals surface area contributed by atoms with Crippen LogP contribution in [-0.4, -0.2) is 19.0 Å². The Morgan fingerprint density at radius 1 is 1.14 bits per heavy atom. The molecule has 3 heteroatoms. The lowest BCUT2D eigenvalue weighted by atomic mass is 9.32. The largest absolute Gasteiger partial charge is 0.778 e. The summed E-state index contributed by atoms with van der Waals surface area (Å²) < 4.78 is 5.25. The fourth-order valence-corrected chi connectivity index (χ4v) is 6.38. The van der Waals surface area contributed by atoms with Crippen LogP contribution in [0.3, 0.4) is 0 Å². The quantitative estimate of drug-likeness (QED) is 0.501. The first kappa shape index (κ1) is 12.1. The molecule has 0 unspecified atom stereocenters. The fourth-order valence-electron chi connectivity index (χ4n) is 3.20. The standard InChI is InChI=1S/C11H25BOSi/c1-7-11-10(4)14(5,6)13-12(11,8-2)9-3/h13H,7-9H2,1-6H3. The van der Waals surface area contributed by atoms with Gasteiger partial charge in [0.05, 0.1) is 0 Å². The molecule has 0 atom stereocenters. The predicted molar refractivity (Wildman–Crippen MR) is 69.4 cm³/mol. The zero-order chi connectivity index (χ0) is 11.0. The van der Waals surface area contributed by atoms with Crippen molar-refractivity contribution in [3.8, 4) is 0 Å². The van der Waals surface area contributed by atoms with Gasteiger partial charge in [0.2, 0.25) is 0 Å². The van der Waals surface area contributed by atoms with Crippen LogP contribution in [0.15, 0.2) is 10.7 Å². The highest BCUT2D eigenvalue weighted by Gasteiger charge is 2.49. The second-order valence-electron chi connectivity index (χ2n) is 5.20. The van der Waals surface area contributed by atoms with Crippen molar-refractivity contribution in [1.82, 2.24) is 0 Å². The zero-order valence-corrected chi connectivity index (χ0v) is 11.6. The molecule has 0 spiro atoms. The summed E-state index contributed by atoms with van der Waals surface area (Å²) in [6, 6.07) is 0. The summed E-state index contributed by atoms with van der Waals surface area (Å²) >= 11 is 0. The van der Waals surface area contributed by atoms with Crippen molar-refractivity contribution in [2.75, 3.05) is 0 Å². The zero-order valence-electron chi connectivity index (χ0n) is 10.6. The van der Waals surface area contributed by atoms with Gasteiger partial charge in [-0.3, -0.25) is 0 Å². The molecule has 0 radical (unpaired) electrons. The molecule has 0 aliphatic carbocycles. The van der Waals surface area contributed by atoms with Crippen LogP contribution in [0.25, 0.3) is 0 Å². The maximum absolute atomic E-state index is 5.25. The molecular formula is C11H25BOSi. The van der Waals surface area contributed by atoms with Gasteiger partial charge in [-0.05, 0) is 12.1 Å². The number of hydrogen-bond donors (Lipinski definition) is 0. The number of rotatable bonds is 3. The summed E-state index contributed by atoms with van der Waals surface area (Å²) in [6.07, 6.45) is 3.22. The topological polar surface area (TPSA) is 12.8 Å². The first-order valence-corrected chi connectivity index (χ1v) is 9.01. The highest BCUT2D eigenvalue weighted by atomic mass is 28.4. The van der Waals surface area contributed by atoms with E-state index in [9.17, 15) is 0 Å². The number of allylic oxidation sites excluding steroid dienone is 2. The third-order valence-corrected chi connectivity index (χ3v) is 7.65. The lowest BCUT2D eigenvalue weighted by Crippen LogP contribution is -2.46. The minimum absolute atomic E-state index is 0.485. The van der Waals surface area contributed by atoms with Crippen molar-refractivity contribution in [3.63, 3.8) is 0 Å². The van der Waals surface area contributed by atoms with Gasteiger partial charge in [0.25, 0.3) is 6.35 Å². The molecule has 0 aromatic rings. The Morgan fingerprint density at radius 3 is 1.93 bits per heavy atom. The molecule has 1 aliphatic heterocycles. The molecule has 0 amide bonds. The summed E-state index contributed by atoms with van der Waals surface area (Å²) in [6.45, 7) is 14.0. The Bertz CT molecular complexity index is 254. The second-order valence-corrected chi connectivity index (χ2v) is 9.33. The second kappa shape index (κ2) is 3.86. The highest BCUT2D eigenvalue weighted by Crippen LogP contribution is 2.40. The van der Waals surface area contributed by atoms with E-state index in [0.717, 1.165) is 0 Å². The van der Waals surface area contributed by atoms with E-state index >= 15 is 0 Å². The van der Waals surface area contributed by atoms with E-state index in [0.29, 0.717) is 0 Å². The maximum Gasteiger partial charge on any atom is 0.353 e. The van der Waals surface area contributed by atoms with Crippen LogP contribution >= 0.6 is 0 Å². The van der Waals surface area contributed by atoms with E-state index in [1.807, 2.05) is 0 Å². The first-order valence-electron chi connectivity index (χ1n) is 6.06. The summed E-state index contributed by atoms with van der Waals surface area (Å²) in [7, 11) is -1.37. The van der Waals surface area contributed by atoms with Gasteiger partial charge in [0, 0.05) is 13.1 Å². The van der Waals surface area contributed by atoms with Gasteiger partial charge in [-0.25, -0.2) is 0 Å². The van der Waals surface area contributed by atoms with Gasteiger partial charge in [-0.1, -0.05) is 27.2 Å². The normalized spacial score (nSPS) is 24.4. The molecule has 82 valence electrons. The SMILES string of the molecule is CCC1=C(C)[Si](C)(C)[OH+][B-]1(CC)CC. The van der Waals surface area contributed by atoms with Crippen molar-refractivity contribution in [3.05, 3.63) is 10.7 Å². The molecule has 0 saturated carbocycles. The molecule has 0 aromatic carbocycles. The van der Waals surface area contributed by atoms with Gasteiger partial charge in [-0.15, -0.1) is 18.1 Å². The van der Waals surface area contributed by atoms with E-state index in [4.69, 9.17) is 4.34 Å².